The number of carbonyl (C=O) groups is 1. The number of aliphatic hydroxyl groups is 2. The van der Waals surface area contributed by atoms with Gasteiger partial charge in [0.25, 0.3) is 0 Å². The summed E-state index contributed by atoms with van der Waals surface area (Å²) in [7, 11) is 2.09. The van der Waals surface area contributed by atoms with Gasteiger partial charge in [-0.25, -0.2) is 4.79 Å². The number of benzene rings is 2. The van der Waals surface area contributed by atoms with Crippen molar-refractivity contribution in [3.63, 3.8) is 0 Å². The lowest BCUT2D eigenvalue weighted by atomic mass is 9.91. The van der Waals surface area contributed by atoms with Crippen LogP contribution in [0.3, 0.4) is 0 Å². The van der Waals surface area contributed by atoms with Gasteiger partial charge in [-0.3, -0.25) is 9.50 Å². The number of aliphatic hydroxyl groups excluding tert-OH is 1. The molecule has 6 rings (SSSR count). The van der Waals surface area contributed by atoms with E-state index in [1.54, 1.807) is 24.3 Å². The van der Waals surface area contributed by atoms with E-state index < -0.39 is 17.7 Å². The number of esters is 1. The maximum atomic E-state index is 13.3. The van der Waals surface area contributed by atoms with Gasteiger partial charge in [-0.05, 0) is 91.0 Å². The topological polar surface area (TPSA) is 144 Å². The molecule has 0 bridgehead atoms. The summed E-state index contributed by atoms with van der Waals surface area (Å²) >= 11 is 2.69. The number of ether oxygens (including phenoxy) is 2. The van der Waals surface area contributed by atoms with Crippen LogP contribution in [0.15, 0.2) is 88.4 Å². The number of nitrogens with zero attached hydrogens (tertiary/aromatic N) is 1. The molecule has 2 aromatic carbocycles. The number of halogens is 1. The molecule has 0 unspecified atom stereocenters. The summed E-state index contributed by atoms with van der Waals surface area (Å²) < 4.78 is 11.9. The van der Waals surface area contributed by atoms with Crippen LogP contribution in [0.25, 0.3) is 10.9 Å². The van der Waals surface area contributed by atoms with Gasteiger partial charge >= 0.3 is 5.97 Å². The van der Waals surface area contributed by atoms with Gasteiger partial charge in [0.1, 0.15) is 24.2 Å². The second kappa shape index (κ2) is 16.7. The predicted octanol–water partition coefficient (Wildman–Crippen LogP) is 5.43. The van der Waals surface area contributed by atoms with Crippen LogP contribution < -0.4 is 15.6 Å². The molecule has 0 aliphatic heterocycles. The third-order valence-corrected chi connectivity index (χ3v) is 11.1. The summed E-state index contributed by atoms with van der Waals surface area (Å²) in [5.74, 6) is 0.134. The number of pyridine rings is 1. The number of thiophene rings is 2. The molecule has 1 aliphatic rings. The summed E-state index contributed by atoms with van der Waals surface area (Å²) in [4.78, 5) is 31.0. The van der Waals surface area contributed by atoms with Gasteiger partial charge in [0, 0.05) is 37.1 Å². The number of aromatic nitrogens is 1. The SMILES string of the molecule is CN(CCOc1ccc(CNC[C@H](O)c2ccc(O)c3[nH]c(=O)ccc23)cc1)C1CCC(OC(=O)C(O)(c2cccs2)c2cccs2)CC1.F. The van der Waals surface area contributed by atoms with E-state index >= 15 is 0 Å². The molecule has 5 aromatic rings. The Morgan fingerprint density at radius 1 is 1.00 bits per heavy atom. The molecule has 0 radical (unpaired) electrons. The first-order valence-corrected chi connectivity index (χ1v) is 18.2. The third kappa shape index (κ3) is 8.43. The number of rotatable bonds is 14. The standard InChI is InChI=1S/C37H41N3O7S2.FH/c1-40(25-8-12-27(13-9-25)47-36(44)37(45,32-4-2-20-48-32)33-5-3-21-49-33)18-19-46-26-10-6-24(7-11-26)22-38-23-31(42)28-14-16-30(41)35-29(28)15-17-34(43)39-35;/h2-7,10-11,14-17,20-21,25,27,31,38,41-42,45H,8-9,12-13,18-19,22-23H2,1H3,(H,39,43);1H/t25?,27?,31-;/m0./s1. The number of phenolic OH excluding ortho intramolecular Hbond substituents is 1. The fourth-order valence-electron chi connectivity index (χ4n) is 6.34. The highest BCUT2D eigenvalue weighted by Crippen LogP contribution is 2.38. The Hall–Kier alpha value is -4.11. The number of nitrogens with one attached hydrogen (secondary N) is 2. The zero-order valence-electron chi connectivity index (χ0n) is 27.6. The van der Waals surface area contributed by atoms with E-state index in [1.165, 1.54) is 34.8 Å². The van der Waals surface area contributed by atoms with E-state index in [0.717, 1.165) is 43.5 Å². The van der Waals surface area contributed by atoms with Crippen molar-refractivity contribution in [1.29, 1.82) is 0 Å². The lowest BCUT2D eigenvalue weighted by Gasteiger charge is -2.35. The predicted molar refractivity (Wildman–Crippen MR) is 194 cm³/mol. The van der Waals surface area contributed by atoms with Crippen LogP contribution >= 0.6 is 22.7 Å². The van der Waals surface area contributed by atoms with E-state index in [4.69, 9.17) is 9.47 Å². The van der Waals surface area contributed by atoms with Crippen molar-refractivity contribution in [2.75, 3.05) is 26.7 Å². The Bertz CT molecular complexity index is 1840. The molecule has 10 nitrogen and oxygen atoms in total. The minimum atomic E-state index is -1.78. The number of fused-ring (bicyclic) bond motifs is 1. The highest BCUT2D eigenvalue weighted by molar-refractivity contribution is 7.12. The smallest absolute Gasteiger partial charge is 0.349 e. The number of H-pyrrole nitrogens is 1. The van der Waals surface area contributed by atoms with E-state index in [-0.39, 0.29) is 22.1 Å². The van der Waals surface area contributed by atoms with E-state index in [0.29, 0.717) is 52.0 Å². The molecule has 50 heavy (non-hydrogen) atoms. The number of hydrogen-bond acceptors (Lipinski definition) is 11. The Morgan fingerprint density at radius 3 is 2.32 bits per heavy atom. The van der Waals surface area contributed by atoms with Gasteiger partial charge in [0.2, 0.25) is 11.2 Å². The van der Waals surface area contributed by atoms with Crippen molar-refractivity contribution >= 4 is 39.5 Å². The molecular weight excluding hydrogens is 682 g/mol. The largest absolute Gasteiger partial charge is 0.506 e. The van der Waals surface area contributed by atoms with Crippen molar-refractivity contribution in [1.82, 2.24) is 15.2 Å². The molecule has 266 valence electrons. The summed E-state index contributed by atoms with van der Waals surface area (Å²) in [6.07, 6.45) is 2.21. The van der Waals surface area contributed by atoms with Crippen molar-refractivity contribution in [3.05, 3.63) is 115 Å². The lowest BCUT2D eigenvalue weighted by molar-refractivity contribution is -0.169. The maximum Gasteiger partial charge on any atom is 0.349 e. The Kier molecular flexibility index (Phi) is 12.4. The number of aromatic amines is 1. The van der Waals surface area contributed by atoms with Gasteiger partial charge in [0.15, 0.2) is 0 Å². The summed E-state index contributed by atoms with van der Waals surface area (Å²) in [5, 5.41) is 40.0. The van der Waals surface area contributed by atoms with Crippen LogP contribution in [0.1, 0.15) is 52.7 Å². The normalized spacial score (nSPS) is 17.0. The number of carbonyl (C=O) groups excluding carboxylic acids is 1. The first-order chi connectivity index (χ1) is 23.7. The highest BCUT2D eigenvalue weighted by atomic mass is 32.1. The van der Waals surface area contributed by atoms with Gasteiger partial charge in [-0.15, -0.1) is 22.7 Å². The molecule has 5 N–H and O–H groups in total. The van der Waals surface area contributed by atoms with Crippen molar-refractivity contribution in [3.8, 4) is 11.5 Å². The van der Waals surface area contributed by atoms with Crippen molar-refractivity contribution < 1.29 is 34.3 Å². The Labute approximate surface area is 297 Å². The molecular formula is C37H42FN3O7S2. The molecule has 1 saturated carbocycles. The molecule has 1 atom stereocenters. The van der Waals surface area contributed by atoms with E-state index in [2.05, 4.69) is 22.2 Å². The molecule has 1 aliphatic carbocycles. The van der Waals surface area contributed by atoms with E-state index in [9.17, 15) is 24.9 Å². The van der Waals surface area contributed by atoms with Crippen LogP contribution in [-0.4, -0.2) is 70.1 Å². The average molecular weight is 724 g/mol. The van der Waals surface area contributed by atoms with Crippen LogP contribution in [0.2, 0.25) is 0 Å². The summed E-state index contributed by atoms with van der Waals surface area (Å²) in [6, 6.07) is 21.5. The Morgan fingerprint density at radius 2 is 1.68 bits per heavy atom. The fourth-order valence-corrected chi connectivity index (χ4v) is 8.05. The molecule has 13 heteroatoms. The van der Waals surface area contributed by atoms with Crippen LogP contribution in [0.5, 0.6) is 11.5 Å². The van der Waals surface area contributed by atoms with Crippen LogP contribution in [0, 0.1) is 0 Å². The Balaban J connectivity index is 0.00000486. The van der Waals surface area contributed by atoms with Gasteiger partial charge < -0.3 is 40.0 Å². The lowest BCUT2D eigenvalue weighted by Crippen LogP contribution is -2.42. The third-order valence-electron chi connectivity index (χ3n) is 9.16. The zero-order valence-corrected chi connectivity index (χ0v) is 29.3. The van der Waals surface area contributed by atoms with Crippen molar-refractivity contribution in [2.45, 2.75) is 56.1 Å². The molecule has 0 spiro atoms. The number of phenols is 1. The zero-order chi connectivity index (χ0) is 34.4. The summed E-state index contributed by atoms with van der Waals surface area (Å²) in [6.45, 7) is 2.13. The van der Waals surface area contributed by atoms with Crippen LogP contribution in [-0.2, 0) is 21.7 Å². The van der Waals surface area contributed by atoms with Crippen LogP contribution in [0.4, 0.5) is 4.70 Å². The van der Waals surface area contributed by atoms with Gasteiger partial charge in [-0.2, -0.15) is 0 Å². The van der Waals surface area contributed by atoms with Gasteiger partial charge in [0.05, 0.1) is 21.4 Å². The highest BCUT2D eigenvalue weighted by Gasteiger charge is 2.45. The quantitative estimate of drug-likeness (QED) is 0.0948. The molecule has 0 amide bonds. The molecule has 3 aromatic heterocycles. The summed E-state index contributed by atoms with van der Waals surface area (Å²) in [5.41, 5.74) is -0.125. The second-order valence-electron chi connectivity index (χ2n) is 12.4. The number of aromatic hydroxyl groups is 1. The minimum Gasteiger partial charge on any atom is -0.506 e. The fraction of sp³-hybridized carbons (Fsp3) is 0.351. The monoisotopic (exact) mass is 723 g/mol. The number of likely N-dealkylation sites (N-methyl/N-ethyl adjacent to an activating group) is 1. The molecule has 3 heterocycles. The first kappa shape index (κ1) is 37.2. The number of hydrogen-bond donors (Lipinski definition) is 5. The first-order valence-electron chi connectivity index (χ1n) is 16.4. The minimum absolute atomic E-state index is 0. The second-order valence-corrected chi connectivity index (χ2v) is 14.3. The van der Waals surface area contributed by atoms with E-state index in [1.807, 2.05) is 47.2 Å². The van der Waals surface area contributed by atoms with Crippen molar-refractivity contribution in [2.24, 2.45) is 0 Å². The maximum absolute atomic E-state index is 13.3. The molecule has 0 saturated heterocycles. The molecule has 1 fully saturated rings. The average Bonchev–Trinajstić information content (AvgIpc) is 3.86. The van der Waals surface area contributed by atoms with Gasteiger partial charge in [-0.1, -0.05) is 30.3 Å².